The fraction of sp³-hybridized carbons (Fsp3) is 0.333. The fourth-order valence-corrected chi connectivity index (χ4v) is 2.58. The Balaban J connectivity index is 2.67. The summed E-state index contributed by atoms with van der Waals surface area (Å²) >= 11 is 0. The highest BCUT2D eigenvalue weighted by Gasteiger charge is 2.20. The summed E-state index contributed by atoms with van der Waals surface area (Å²) in [7, 11) is 0. The second kappa shape index (κ2) is 6.74. The molecule has 0 fully saturated rings. The molecule has 0 aliphatic carbocycles. The molecule has 3 N–H and O–H groups in total. The SMILES string of the molecule is CCC(O)c1ccccc1-c1c(O)cccc1C(O)CC. The molecule has 3 heteroatoms. The van der Waals surface area contributed by atoms with Crippen molar-refractivity contribution in [2.75, 3.05) is 0 Å². The third kappa shape index (κ3) is 3.09. The van der Waals surface area contributed by atoms with Crippen LogP contribution in [0.5, 0.6) is 5.75 Å². The van der Waals surface area contributed by atoms with Crippen LogP contribution in [0.15, 0.2) is 42.5 Å². The Morgan fingerprint density at radius 3 is 2.05 bits per heavy atom. The van der Waals surface area contributed by atoms with Crippen LogP contribution in [0.4, 0.5) is 0 Å². The maximum Gasteiger partial charge on any atom is 0.123 e. The first-order chi connectivity index (χ1) is 10.1. The highest BCUT2D eigenvalue weighted by molar-refractivity contribution is 5.77. The van der Waals surface area contributed by atoms with Crippen LogP contribution in [-0.4, -0.2) is 15.3 Å². The van der Waals surface area contributed by atoms with E-state index in [0.29, 0.717) is 24.0 Å². The average Bonchev–Trinajstić information content (AvgIpc) is 2.53. The molecule has 2 rings (SSSR count). The molecule has 2 aromatic carbocycles. The summed E-state index contributed by atoms with van der Waals surface area (Å²) in [6.45, 7) is 3.80. The molecule has 0 aliphatic heterocycles. The van der Waals surface area contributed by atoms with Crippen molar-refractivity contribution < 1.29 is 15.3 Å². The van der Waals surface area contributed by atoms with Gasteiger partial charge in [-0.3, -0.25) is 0 Å². The van der Waals surface area contributed by atoms with Crippen molar-refractivity contribution in [3.05, 3.63) is 53.6 Å². The number of aromatic hydroxyl groups is 1. The van der Waals surface area contributed by atoms with Crippen LogP contribution in [-0.2, 0) is 0 Å². The lowest BCUT2D eigenvalue weighted by Gasteiger charge is -2.20. The molecule has 3 nitrogen and oxygen atoms in total. The van der Waals surface area contributed by atoms with E-state index in [1.54, 1.807) is 12.1 Å². The minimum absolute atomic E-state index is 0.121. The lowest BCUT2D eigenvalue weighted by atomic mass is 9.89. The molecule has 0 saturated heterocycles. The Morgan fingerprint density at radius 1 is 0.810 bits per heavy atom. The molecule has 0 aliphatic rings. The zero-order valence-corrected chi connectivity index (χ0v) is 12.5. The lowest BCUT2D eigenvalue weighted by Crippen LogP contribution is -2.03. The predicted octanol–water partition coefficient (Wildman–Crippen LogP) is 3.95. The number of phenolic OH excluding ortho intramolecular Hbond substituents is 1. The molecule has 0 bridgehead atoms. The van der Waals surface area contributed by atoms with E-state index in [0.717, 1.165) is 11.1 Å². The van der Waals surface area contributed by atoms with Crippen molar-refractivity contribution in [2.45, 2.75) is 38.9 Å². The third-order valence-electron chi connectivity index (χ3n) is 3.80. The van der Waals surface area contributed by atoms with E-state index in [1.807, 2.05) is 44.2 Å². The van der Waals surface area contributed by atoms with Crippen molar-refractivity contribution in [1.29, 1.82) is 0 Å². The largest absolute Gasteiger partial charge is 0.507 e. The molecule has 0 radical (unpaired) electrons. The van der Waals surface area contributed by atoms with Gasteiger partial charge in [-0.15, -0.1) is 0 Å². The molecule has 0 heterocycles. The van der Waals surface area contributed by atoms with Crippen molar-refractivity contribution >= 4 is 0 Å². The molecule has 2 atom stereocenters. The molecule has 0 amide bonds. The van der Waals surface area contributed by atoms with Gasteiger partial charge in [-0.05, 0) is 35.6 Å². The number of hydrogen-bond donors (Lipinski definition) is 3. The van der Waals surface area contributed by atoms with Crippen LogP contribution >= 0.6 is 0 Å². The first-order valence-electron chi connectivity index (χ1n) is 7.37. The van der Waals surface area contributed by atoms with Gasteiger partial charge in [0.15, 0.2) is 0 Å². The molecule has 2 unspecified atom stereocenters. The van der Waals surface area contributed by atoms with Gasteiger partial charge >= 0.3 is 0 Å². The Morgan fingerprint density at radius 2 is 1.38 bits per heavy atom. The van der Waals surface area contributed by atoms with Gasteiger partial charge in [0.05, 0.1) is 12.2 Å². The van der Waals surface area contributed by atoms with Gasteiger partial charge in [-0.25, -0.2) is 0 Å². The van der Waals surface area contributed by atoms with Gasteiger partial charge in [0, 0.05) is 5.56 Å². The molecular formula is C18H22O3. The average molecular weight is 286 g/mol. The van der Waals surface area contributed by atoms with Gasteiger partial charge in [0.1, 0.15) is 5.75 Å². The van der Waals surface area contributed by atoms with E-state index >= 15 is 0 Å². The lowest BCUT2D eigenvalue weighted by molar-refractivity contribution is 0.172. The minimum Gasteiger partial charge on any atom is -0.507 e. The Bertz CT molecular complexity index is 607. The molecule has 0 aromatic heterocycles. The second-order valence-corrected chi connectivity index (χ2v) is 5.18. The van der Waals surface area contributed by atoms with Gasteiger partial charge in [0.2, 0.25) is 0 Å². The molecule has 0 spiro atoms. The van der Waals surface area contributed by atoms with E-state index in [2.05, 4.69) is 0 Å². The van der Waals surface area contributed by atoms with Gasteiger partial charge in [-0.1, -0.05) is 50.2 Å². The second-order valence-electron chi connectivity index (χ2n) is 5.18. The fourth-order valence-electron chi connectivity index (χ4n) is 2.58. The summed E-state index contributed by atoms with van der Waals surface area (Å²) in [6.07, 6.45) is -0.0723. The van der Waals surface area contributed by atoms with Gasteiger partial charge in [0.25, 0.3) is 0 Å². The van der Waals surface area contributed by atoms with Gasteiger partial charge < -0.3 is 15.3 Å². The number of hydrogen-bond acceptors (Lipinski definition) is 3. The molecule has 112 valence electrons. The predicted molar refractivity (Wildman–Crippen MR) is 84.0 cm³/mol. The highest BCUT2D eigenvalue weighted by Crippen LogP contribution is 2.40. The van der Waals surface area contributed by atoms with E-state index in [4.69, 9.17) is 0 Å². The zero-order chi connectivity index (χ0) is 15.4. The first kappa shape index (κ1) is 15.5. The quantitative estimate of drug-likeness (QED) is 0.780. The smallest absolute Gasteiger partial charge is 0.123 e. The summed E-state index contributed by atoms with van der Waals surface area (Å²) in [5, 5.41) is 30.7. The Kier molecular flexibility index (Phi) is 4.99. The van der Waals surface area contributed by atoms with Crippen LogP contribution in [0, 0.1) is 0 Å². The summed E-state index contributed by atoms with van der Waals surface area (Å²) in [5.74, 6) is 0.121. The Labute approximate surface area is 125 Å². The van der Waals surface area contributed by atoms with E-state index in [-0.39, 0.29) is 5.75 Å². The number of phenols is 1. The standard InChI is InChI=1S/C18H22O3/c1-3-15(19)12-8-5-6-9-13(12)18-14(16(20)4-2)10-7-11-17(18)21/h5-11,15-16,19-21H,3-4H2,1-2H3. The van der Waals surface area contributed by atoms with Crippen molar-refractivity contribution in [2.24, 2.45) is 0 Å². The summed E-state index contributed by atoms with van der Waals surface area (Å²) in [6, 6.07) is 12.6. The van der Waals surface area contributed by atoms with Crippen LogP contribution in [0.1, 0.15) is 50.0 Å². The van der Waals surface area contributed by atoms with Crippen molar-refractivity contribution in [1.82, 2.24) is 0 Å². The number of benzene rings is 2. The highest BCUT2D eigenvalue weighted by atomic mass is 16.3. The van der Waals surface area contributed by atoms with E-state index < -0.39 is 12.2 Å². The maximum atomic E-state index is 10.3. The zero-order valence-electron chi connectivity index (χ0n) is 12.5. The van der Waals surface area contributed by atoms with E-state index in [9.17, 15) is 15.3 Å². The normalized spacial score (nSPS) is 13.9. The van der Waals surface area contributed by atoms with Crippen molar-refractivity contribution in [3.63, 3.8) is 0 Å². The molecular weight excluding hydrogens is 264 g/mol. The Hall–Kier alpha value is -1.84. The first-order valence-corrected chi connectivity index (χ1v) is 7.37. The summed E-state index contributed by atoms with van der Waals surface area (Å²) in [5.41, 5.74) is 2.83. The third-order valence-corrected chi connectivity index (χ3v) is 3.80. The monoisotopic (exact) mass is 286 g/mol. The summed E-state index contributed by atoms with van der Waals surface area (Å²) in [4.78, 5) is 0. The minimum atomic E-state index is -0.640. The van der Waals surface area contributed by atoms with Gasteiger partial charge in [-0.2, -0.15) is 0 Å². The van der Waals surface area contributed by atoms with E-state index in [1.165, 1.54) is 0 Å². The molecule has 21 heavy (non-hydrogen) atoms. The van der Waals surface area contributed by atoms with Crippen LogP contribution in [0.2, 0.25) is 0 Å². The number of rotatable bonds is 5. The molecule has 2 aromatic rings. The van der Waals surface area contributed by atoms with Crippen molar-refractivity contribution in [3.8, 4) is 16.9 Å². The topological polar surface area (TPSA) is 60.7 Å². The number of aliphatic hydroxyl groups is 2. The summed E-state index contributed by atoms with van der Waals surface area (Å²) < 4.78 is 0. The van der Waals surface area contributed by atoms with Crippen LogP contribution in [0.3, 0.4) is 0 Å². The maximum absolute atomic E-state index is 10.3. The van der Waals surface area contributed by atoms with Crippen LogP contribution < -0.4 is 0 Å². The number of aliphatic hydroxyl groups excluding tert-OH is 2. The van der Waals surface area contributed by atoms with Crippen LogP contribution in [0.25, 0.3) is 11.1 Å². The molecule has 0 saturated carbocycles.